The number of carbonyl (C=O) groups excluding carboxylic acids is 2. The highest BCUT2D eigenvalue weighted by molar-refractivity contribution is 5.94. The van der Waals surface area contributed by atoms with Crippen LogP contribution in [-0.2, 0) is 17.6 Å². The molecule has 1 fully saturated rings. The first-order valence-electron chi connectivity index (χ1n) is 10.2. The first-order valence-corrected chi connectivity index (χ1v) is 10.2. The highest BCUT2D eigenvalue weighted by Gasteiger charge is 2.32. The second kappa shape index (κ2) is 7.41. The van der Waals surface area contributed by atoms with E-state index < -0.39 is 0 Å². The average Bonchev–Trinajstić information content (AvgIpc) is 3.30. The van der Waals surface area contributed by atoms with Crippen LogP contribution in [0.4, 0.5) is 0 Å². The zero-order valence-corrected chi connectivity index (χ0v) is 16.9. The Balaban J connectivity index is 1.57. The minimum Gasteiger partial charge on any atom is -0.339 e. The summed E-state index contributed by atoms with van der Waals surface area (Å²) in [4.78, 5) is 29.2. The van der Waals surface area contributed by atoms with Gasteiger partial charge >= 0.3 is 0 Å². The van der Waals surface area contributed by atoms with Crippen LogP contribution in [0, 0.1) is 12.8 Å². The number of hydrogen-bond acceptors (Lipinski definition) is 3. The van der Waals surface area contributed by atoms with Gasteiger partial charge in [-0.2, -0.15) is 5.10 Å². The number of aromatic nitrogens is 2. The summed E-state index contributed by atoms with van der Waals surface area (Å²) in [5.74, 6) is 0.161. The van der Waals surface area contributed by atoms with Gasteiger partial charge in [0.2, 0.25) is 5.91 Å². The largest absolute Gasteiger partial charge is 0.339 e. The van der Waals surface area contributed by atoms with Crippen molar-refractivity contribution in [3.05, 3.63) is 46.8 Å². The van der Waals surface area contributed by atoms with Gasteiger partial charge in [0.05, 0.1) is 5.69 Å². The van der Waals surface area contributed by atoms with Gasteiger partial charge in [-0.25, -0.2) is 4.68 Å². The maximum atomic E-state index is 13.2. The molecule has 2 aromatic rings. The molecule has 4 rings (SSSR count). The summed E-state index contributed by atoms with van der Waals surface area (Å²) in [5.41, 5.74) is 5.08. The van der Waals surface area contributed by atoms with E-state index in [1.165, 1.54) is 5.69 Å². The lowest BCUT2D eigenvalue weighted by Crippen LogP contribution is -2.51. The van der Waals surface area contributed by atoms with Crippen LogP contribution in [-0.4, -0.2) is 57.6 Å². The van der Waals surface area contributed by atoms with Crippen molar-refractivity contribution in [3.63, 3.8) is 0 Å². The fraction of sp³-hybridized carbons (Fsp3) is 0.500. The first-order chi connectivity index (χ1) is 13.5. The van der Waals surface area contributed by atoms with Gasteiger partial charge < -0.3 is 9.80 Å². The van der Waals surface area contributed by atoms with Crippen molar-refractivity contribution in [3.8, 4) is 5.69 Å². The molecule has 1 aliphatic carbocycles. The number of nitrogens with zero attached hydrogens (tertiary/aromatic N) is 4. The molecule has 1 aliphatic heterocycles. The molecule has 2 heterocycles. The van der Waals surface area contributed by atoms with E-state index in [2.05, 4.69) is 19.1 Å². The molecule has 0 radical (unpaired) electrons. The van der Waals surface area contributed by atoms with Crippen molar-refractivity contribution < 1.29 is 9.59 Å². The van der Waals surface area contributed by atoms with Crippen molar-refractivity contribution in [2.45, 2.75) is 40.0 Å². The Bertz CT molecular complexity index is 907. The molecule has 1 aromatic heterocycles. The van der Waals surface area contributed by atoms with E-state index in [4.69, 9.17) is 5.10 Å². The molecule has 0 N–H and O–H groups in total. The molecule has 0 unspecified atom stereocenters. The van der Waals surface area contributed by atoms with E-state index in [1.54, 1.807) is 0 Å². The van der Waals surface area contributed by atoms with E-state index in [1.807, 2.05) is 40.5 Å². The quantitative estimate of drug-likeness (QED) is 0.822. The normalized spacial score (nSPS) is 16.6. The number of para-hydroxylation sites is 1. The van der Waals surface area contributed by atoms with E-state index in [0.717, 1.165) is 36.1 Å². The highest BCUT2D eigenvalue weighted by Crippen LogP contribution is 2.29. The maximum absolute atomic E-state index is 13.2. The van der Waals surface area contributed by atoms with Crippen LogP contribution in [0.1, 0.15) is 47.6 Å². The predicted molar refractivity (Wildman–Crippen MR) is 108 cm³/mol. The van der Waals surface area contributed by atoms with Crippen molar-refractivity contribution in [1.82, 2.24) is 19.6 Å². The Hall–Kier alpha value is -2.63. The number of amides is 2. The number of piperazine rings is 1. The second-order valence-corrected chi connectivity index (χ2v) is 8.10. The van der Waals surface area contributed by atoms with Gasteiger partial charge in [-0.05, 0) is 37.8 Å². The van der Waals surface area contributed by atoms with Crippen LogP contribution in [0.3, 0.4) is 0 Å². The number of hydrogen-bond donors (Lipinski definition) is 0. The molecule has 6 heteroatoms. The summed E-state index contributed by atoms with van der Waals surface area (Å²) >= 11 is 0. The Morgan fingerprint density at radius 1 is 1.00 bits per heavy atom. The van der Waals surface area contributed by atoms with Crippen LogP contribution >= 0.6 is 0 Å². The Morgan fingerprint density at radius 3 is 2.36 bits per heavy atom. The molecule has 2 aliphatic rings. The third-order valence-electron chi connectivity index (χ3n) is 5.85. The zero-order chi connectivity index (χ0) is 19.8. The van der Waals surface area contributed by atoms with Gasteiger partial charge in [0, 0.05) is 43.4 Å². The predicted octanol–water partition coefficient (Wildman–Crippen LogP) is 2.61. The SMILES string of the molecule is Cc1ccccc1-n1nc(C(=O)N2CCN(C(=O)C(C)C)CC2)c2c1CCC2. The van der Waals surface area contributed by atoms with Crippen molar-refractivity contribution in [2.24, 2.45) is 5.92 Å². The van der Waals surface area contributed by atoms with E-state index in [9.17, 15) is 9.59 Å². The maximum Gasteiger partial charge on any atom is 0.274 e. The standard InChI is InChI=1S/C22H28N4O2/c1-15(2)21(27)24-11-13-25(14-12-24)22(28)20-17-8-6-10-19(17)26(23-20)18-9-5-4-7-16(18)3/h4-5,7,9,15H,6,8,10-14H2,1-3H3. The van der Waals surface area contributed by atoms with Gasteiger partial charge in [-0.1, -0.05) is 32.0 Å². The topological polar surface area (TPSA) is 58.4 Å². The molecule has 1 saturated heterocycles. The van der Waals surface area contributed by atoms with E-state index in [-0.39, 0.29) is 17.7 Å². The summed E-state index contributed by atoms with van der Waals surface area (Å²) in [5, 5.41) is 4.77. The van der Waals surface area contributed by atoms with Crippen LogP contribution in [0.2, 0.25) is 0 Å². The number of fused-ring (bicyclic) bond motifs is 1. The van der Waals surface area contributed by atoms with Gasteiger partial charge in [0.1, 0.15) is 0 Å². The van der Waals surface area contributed by atoms with Gasteiger partial charge in [-0.15, -0.1) is 0 Å². The molecule has 1 aromatic carbocycles. The molecular formula is C22H28N4O2. The van der Waals surface area contributed by atoms with Crippen LogP contribution in [0.5, 0.6) is 0 Å². The zero-order valence-electron chi connectivity index (χ0n) is 16.9. The van der Waals surface area contributed by atoms with Crippen LogP contribution in [0.15, 0.2) is 24.3 Å². The molecule has 6 nitrogen and oxygen atoms in total. The molecule has 28 heavy (non-hydrogen) atoms. The van der Waals surface area contributed by atoms with Crippen molar-refractivity contribution in [1.29, 1.82) is 0 Å². The van der Waals surface area contributed by atoms with E-state index in [0.29, 0.717) is 31.9 Å². The van der Waals surface area contributed by atoms with E-state index >= 15 is 0 Å². The minimum atomic E-state index is -0.00432. The van der Waals surface area contributed by atoms with Crippen LogP contribution in [0.25, 0.3) is 5.69 Å². The molecule has 2 amide bonds. The van der Waals surface area contributed by atoms with Gasteiger partial charge in [0.15, 0.2) is 5.69 Å². The Morgan fingerprint density at radius 2 is 1.68 bits per heavy atom. The monoisotopic (exact) mass is 380 g/mol. The molecule has 148 valence electrons. The number of benzene rings is 1. The Kier molecular flexibility index (Phi) is 4.96. The third-order valence-corrected chi connectivity index (χ3v) is 5.85. The molecule has 0 atom stereocenters. The lowest BCUT2D eigenvalue weighted by molar-refractivity contribution is -0.135. The summed E-state index contributed by atoms with van der Waals surface area (Å²) in [6.45, 7) is 8.26. The third kappa shape index (κ3) is 3.21. The van der Waals surface area contributed by atoms with Crippen molar-refractivity contribution in [2.75, 3.05) is 26.2 Å². The van der Waals surface area contributed by atoms with Gasteiger partial charge in [0.25, 0.3) is 5.91 Å². The summed E-state index contributed by atoms with van der Waals surface area (Å²) in [7, 11) is 0. The molecule has 0 bridgehead atoms. The van der Waals surface area contributed by atoms with Gasteiger partial charge in [-0.3, -0.25) is 9.59 Å². The first kappa shape index (κ1) is 18.7. The fourth-order valence-electron chi connectivity index (χ4n) is 4.25. The summed E-state index contributed by atoms with van der Waals surface area (Å²) < 4.78 is 1.98. The average molecular weight is 380 g/mol. The summed E-state index contributed by atoms with van der Waals surface area (Å²) in [6.07, 6.45) is 2.94. The van der Waals surface area contributed by atoms with Crippen LogP contribution < -0.4 is 0 Å². The highest BCUT2D eigenvalue weighted by atomic mass is 16.2. The van der Waals surface area contributed by atoms with Crippen molar-refractivity contribution >= 4 is 11.8 Å². The number of carbonyl (C=O) groups is 2. The number of aryl methyl sites for hydroxylation is 1. The fourth-order valence-corrected chi connectivity index (χ4v) is 4.25. The second-order valence-electron chi connectivity index (χ2n) is 8.10. The lowest BCUT2D eigenvalue weighted by Gasteiger charge is -2.35. The minimum absolute atomic E-state index is 0.00197. The number of rotatable bonds is 3. The Labute approximate surface area is 166 Å². The molecule has 0 saturated carbocycles. The molecular weight excluding hydrogens is 352 g/mol. The molecule has 0 spiro atoms. The lowest BCUT2D eigenvalue weighted by atomic mass is 10.1. The summed E-state index contributed by atoms with van der Waals surface area (Å²) in [6, 6.07) is 8.17. The smallest absolute Gasteiger partial charge is 0.274 e.